The summed E-state index contributed by atoms with van der Waals surface area (Å²) in [7, 11) is -3.62. The highest BCUT2D eigenvalue weighted by molar-refractivity contribution is 7.89. The lowest BCUT2D eigenvalue weighted by molar-refractivity contribution is 0.182. The first-order valence-electron chi connectivity index (χ1n) is 6.59. The molecule has 0 spiro atoms. The van der Waals surface area contributed by atoms with Crippen LogP contribution in [0.5, 0.6) is 0 Å². The molecule has 2 N–H and O–H groups in total. The Bertz CT molecular complexity index is 722. The molecule has 21 heavy (non-hydrogen) atoms. The van der Waals surface area contributed by atoms with Crippen molar-refractivity contribution in [1.82, 2.24) is 4.72 Å². The maximum absolute atomic E-state index is 12.4. The molecule has 0 aliphatic heterocycles. The second kappa shape index (κ2) is 6.27. The summed E-state index contributed by atoms with van der Waals surface area (Å²) in [5.41, 5.74) is 3.42. The Balaban J connectivity index is 2.17. The van der Waals surface area contributed by atoms with Crippen molar-refractivity contribution < 1.29 is 13.5 Å². The topological polar surface area (TPSA) is 66.4 Å². The Hall–Kier alpha value is -1.21. The van der Waals surface area contributed by atoms with Gasteiger partial charge in [0.05, 0.1) is 11.0 Å². The molecule has 0 aliphatic rings. The fraction of sp³-hybridized carbons (Fsp3) is 0.333. The molecule has 0 radical (unpaired) electrons. The first-order valence-corrected chi connectivity index (χ1v) is 9.01. The minimum atomic E-state index is -3.62. The zero-order chi connectivity index (χ0) is 15.6. The van der Waals surface area contributed by atoms with Crippen molar-refractivity contribution in [2.45, 2.75) is 31.8 Å². The van der Waals surface area contributed by atoms with Crippen LogP contribution in [0.25, 0.3) is 0 Å². The summed E-state index contributed by atoms with van der Waals surface area (Å²) in [5, 5.41) is 13.6. The summed E-state index contributed by atoms with van der Waals surface area (Å²) < 4.78 is 27.2. The lowest BCUT2D eigenvalue weighted by atomic mass is 10.1. The quantitative estimate of drug-likeness (QED) is 0.888. The van der Waals surface area contributed by atoms with Crippen LogP contribution in [-0.4, -0.2) is 20.1 Å². The number of nitrogens with one attached hydrogen (secondary N) is 1. The number of hydrogen-bond acceptors (Lipinski definition) is 4. The molecule has 1 unspecified atom stereocenters. The van der Waals surface area contributed by atoms with E-state index in [2.05, 4.69) is 4.72 Å². The zero-order valence-electron chi connectivity index (χ0n) is 12.3. The van der Waals surface area contributed by atoms with Crippen LogP contribution in [-0.2, 0) is 10.0 Å². The molecule has 2 rings (SSSR count). The van der Waals surface area contributed by atoms with Crippen LogP contribution in [0.15, 0.2) is 33.9 Å². The monoisotopic (exact) mass is 325 g/mol. The second-order valence-electron chi connectivity index (χ2n) is 5.13. The first kappa shape index (κ1) is 16.2. The van der Waals surface area contributed by atoms with E-state index in [1.54, 1.807) is 24.4 Å². The van der Waals surface area contributed by atoms with Crippen LogP contribution in [0.4, 0.5) is 0 Å². The van der Waals surface area contributed by atoms with Gasteiger partial charge in [-0.1, -0.05) is 6.07 Å². The van der Waals surface area contributed by atoms with Crippen molar-refractivity contribution in [2.75, 3.05) is 6.54 Å². The summed E-state index contributed by atoms with van der Waals surface area (Å²) in [6, 6.07) is 5.31. The summed E-state index contributed by atoms with van der Waals surface area (Å²) in [5.74, 6) is 0. The van der Waals surface area contributed by atoms with Crippen LogP contribution >= 0.6 is 11.3 Å². The fourth-order valence-electron chi connectivity index (χ4n) is 2.07. The Kier molecular flexibility index (Phi) is 4.83. The molecule has 1 aromatic carbocycles. The highest BCUT2D eigenvalue weighted by Crippen LogP contribution is 2.21. The maximum Gasteiger partial charge on any atom is 0.240 e. The third kappa shape index (κ3) is 3.71. The Labute approximate surface area is 129 Å². The second-order valence-corrected chi connectivity index (χ2v) is 7.64. The zero-order valence-corrected chi connectivity index (χ0v) is 13.9. The van der Waals surface area contributed by atoms with E-state index in [4.69, 9.17) is 0 Å². The lowest BCUT2D eigenvalue weighted by Crippen LogP contribution is -2.29. The van der Waals surface area contributed by atoms with Gasteiger partial charge < -0.3 is 5.11 Å². The highest BCUT2D eigenvalue weighted by Gasteiger charge is 2.19. The van der Waals surface area contributed by atoms with Crippen molar-refractivity contribution in [1.29, 1.82) is 0 Å². The van der Waals surface area contributed by atoms with Crippen molar-refractivity contribution in [3.8, 4) is 0 Å². The van der Waals surface area contributed by atoms with E-state index < -0.39 is 16.1 Å². The minimum absolute atomic E-state index is 0.0363. The molecule has 114 valence electrons. The van der Waals surface area contributed by atoms with Crippen LogP contribution in [0.2, 0.25) is 0 Å². The SMILES string of the molecule is Cc1cc(C)c(S(=O)(=O)NCC(O)c2ccsc2)cc1C. The van der Waals surface area contributed by atoms with Gasteiger partial charge in [-0.25, -0.2) is 13.1 Å². The van der Waals surface area contributed by atoms with Crippen LogP contribution in [0.3, 0.4) is 0 Å². The molecule has 0 fully saturated rings. The van der Waals surface area contributed by atoms with E-state index in [0.717, 1.165) is 16.7 Å². The van der Waals surface area contributed by atoms with E-state index >= 15 is 0 Å². The normalized spacial score (nSPS) is 13.3. The number of sulfonamides is 1. The number of aliphatic hydroxyl groups is 1. The summed E-state index contributed by atoms with van der Waals surface area (Å²) in [6.45, 7) is 5.57. The molecule has 0 amide bonds. The Morgan fingerprint density at radius 3 is 2.48 bits per heavy atom. The first-order chi connectivity index (χ1) is 9.81. The van der Waals surface area contributed by atoms with E-state index in [1.807, 2.05) is 25.3 Å². The molecular formula is C15H19NO3S2. The van der Waals surface area contributed by atoms with Crippen molar-refractivity contribution in [3.63, 3.8) is 0 Å². The van der Waals surface area contributed by atoms with Crippen molar-refractivity contribution >= 4 is 21.4 Å². The van der Waals surface area contributed by atoms with Gasteiger partial charge in [0.25, 0.3) is 0 Å². The Morgan fingerprint density at radius 1 is 1.19 bits per heavy atom. The molecule has 4 nitrogen and oxygen atoms in total. The fourth-order valence-corrected chi connectivity index (χ4v) is 4.13. The molecule has 1 heterocycles. The number of rotatable bonds is 5. The maximum atomic E-state index is 12.4. The number of benzene rings is 1. The van der Waals surface area contributed by atoms with Gasteiger partial charge in [0, 0.05) is 6.54 Å². The lowest BCUT2D eigenvalue weighted by Gasteiger charge is -2.14. The molecule has 0 saturated carbocycles. The van der Waals surface area contributed by atoms with E-state index in [1.165, 1.54) is 11.3 Å². The summed E-state index contributed by atoms with van der Waals surface area (Å²) >= 11 is 1.47. The number of aliphatic hydroxyl groups excluding tert-OH is 1. The van der Waals surface area contributed by atoms with Crippen LogP contribution in [0.1, 0.15) is 28.4 Å². The smallest absolute Gasteiger partial charge is 0.240 e. The van der Waals surface area contributed by atoms with Crippen LogP contribution < -0.4 is 4.72 Å². The van der Waals surface area contributed by atoms with Gasteiger partial charge in [0.15, 0.2) is 0 Å². The Morgan fingerprint density at radius 2 is 1.86 bits per heavy atom. The average Bonchev–Trinajstić information content (AvgIpc) is 2.94. The number of aryl methyl sites for hydroxylation is 3. The van der Waals surface area contributed by atoms with Gasteiger partial charge in [0.1, 0.15) is 0 Å². The largest absolute Gasteiger partial charge is 0.387 e. The van der Waals surface area contributed by atoms with E-state index in [-0.39, 0.29) is 11.4 Å². The summed E-state index contributed by atoms with van der Waals surface area (Å²) in [6.07, 6.45) is -0.835. The van der Waals surface area contributed by atoms with Gasteiger partial charge in [-0.3, -0.25) is 0 Å². The molecule has 6 heteroatoms. The molecule has 0 saturated heterocycles. The van der Waals surface area contributed by atoms with Crippen molar-refractivity contribution in [2.24, 2.45) is 0 Å². The van der Waals surface area contributed by atoms with E-state index in [0.29, 0.717) is 5.56 Å². The minimum Gasteiger partial charge on any atom is -0.387 e. The molecular weight excluding hydrogens is 306 g/mol. The molecule has 0 bridgehead atoms. The van der Waals surface area contributed by atoms with Gasteiger partial charge in [-0.2, -0.15) is 11.3 Å². The molecule has 0 aliphatic carbocycles. The van der Waals surface area contributed by atoms with E-state index in [9.17, 15) is 13.5 Å². The van der Waals surface area contributed by atoms with Gasteiger partial charge in [-0.05, 0) is 65.9 Å². The molecule has 2 aromatic rings. The number of hydrogen-bond donors (Lipinski definition) is 2. The predicted octanol–water partition coefficient (Wildman–Crippen LogP) is 2.69. The third-order valence-corrected chi connectivity index (χ3v) is 5.74. The predicted molar refractivity (Wildman–Crippen MR) is 85.1 cm³/mol. The van der Waals surface area contributed by atoms with Gasteiger partial charge in [0.2, 0.25) is 10.0 Å². The standard InChI is InChI=1S/C15H19NO3S2/c1-10-6-12(3)15(7-11(10)2)21(18,19)16-8-14(17)13-4-5-20-9-13/h4-7,9,14,16-17H,8H2,1-3H3. The average molecular weight is 325 g/mol. The molecule has 1 aromatic heterocycles. The van der Waals surface area contributed by atoms with Crippen molar-refractivity contribution in [3.05, 3.63) is 51.2 Å². The molecule has 1 atom stereocenters. The van der Waals surface area contributed by atoms with Gasteiger partial charge in [-0.15, -0.1) is 0 Å². The third-order valence-electron chi connectivity index (χ3n) is 3.48. The number of thiophene rings is 1. The van der Waals surface area contributed by atoms with Gasteiger partial charge >= 0.3 is 0 Å². The summed E-state index contributed by atoms with van der Waals surface area (Å²) in [4.78, 5) is 0.267. The highest BCUT2D eigenvalue weighted by atomic mass is 32.2. The van der Waals surface area contributed by atoms with Crippen LogP contribution in [0, 0.1) is 20.8 Å².